The van der Waals surface area contributed by atoms with Gasteiger partial charge >= 0.3 is 5.97 Å². The lowest BCUT2D eigenvalue weighted by Crippen LogP contribution is -2.49. The maximum Gasteiger partial charge on any atom is 0.333 e. The largest absolute Gasteiger partial charge is 0.497 e. The summed E-state index contributed by atoms with van der Waals surface area (Å²) in [5.41, 5.74) is 1.52. The Kier molecular flexibility index (Phi) is 6.63. The van der Waals surface area contributed by atoms with Crippen molar-refractivity contribution in [2.75, 3.05) is 51.3 Å². The van der Waals surface area contributed by atoms with Gasteiger partial charge in [0.1, 0.15) is 18.5 Å². The molecule has 0 aromatic heterocycles. The molecule has 1 fully saturated rings. The van der Waals surface area contributed by atoms with Crippen molar-refractivity contribution in [3.05, 3.63) is 36.4 Å². The number of piperazine rings is 1. The lowest BCUT2D eigenvalue weighted by Gasteiger charge is -2.36. The van der Waals surface area contributed by atoms with Crippen LogP contribution in [0.5, 0.6) is 5.75 Å². The molecule has 2 rings (SSSR count). The normalized spacial score (nSPS) is 16.5. The second-order valence-corrected chi connectivity index (χ2v) is 6.02. The average Bonchev–Trinajstić information content (AvgIpc) is 2.60. The summed E-state index contributed by atoms with van der Waals surface area (Å²) in [6, 6.07) is 8.03. The van der Waals surface area contributed by atoms with Gasteiger partial charge in [-0.1, -0.05) is 6.58 Å². The number of nitrogens with zero attached hydrogens (tertiary/aromatic N) is 2. The Balaban J connectivity index is 1.73. The van der Waals surface area contributed by atoms with Crippen LogP contribution in [0.15, 0.2) is 36.4 Å². The number of rotatable bonds is 7. The van der Waals surface area contributed by atoms with Gasteiger partial charge in [-0.25, -0.2) is 4.79 Å². The average molecular weight is 334 g/mol. The van der Waals surface area contributed by atoms with E-state index in [0.29, 0.717) is 12.1 Å². The molecule has 24 heavy (non-hydrogen) atoms. The van der Waals surface area contributed by atoms with Crippen molar-refractivity contribution < 1.29 is 19.4 Å². The highest BCUT2D eigenvalue weighted by Crippen LogP contribution is 2.20. The van der Waals surface area contributed by atoms with E-state index in [-0.39, 0.29) is 6.61 Å². The molecule has 0 spiro atoms. The van der Waals surface area contributed by atoms with Crippen LogP contribution in [0.25, 0.3) is 0 Å². The van der Waals surface area contributed by atoms with Crippen LogP contribution in [0.2, 0.25) is 0 Å². The van der Waals surface area contributed by atoms with Gasteiger partial charge in [-0.3, -0.25) is 4.90 Å². The predicted molar refractivity (Wildman–Crippen MR) is 93.4 cm³/mol. The molecular formula is C18H26N2O4. The number of hydrogen-bond donors (Lipinski definition) is 1. The van der Waals surface area contributed by atoms with Crippen molar-refractivity contribution in [2.45, 2.75) is 13.0 Å². The van der Waals surface area contributed by atoms with Gasteiger partial charge in [0.2, 0.25) is 0 Å². The number of aliphatic hydroxyl groups is 1. The van der Waals surface area contributed by atoms with Crippen LogP contribution in [0, 0.1) is 0 Å². The van der Waals surface area contributed by atoms with Crippen LogP contribution >= 0.6 is 0 Å². The first-order chi connectivity index (χ1) is 11.5. The van der Waals surface area contributed by atoms with E-state index in [4.69, 9.17) is 9.47 Å². The zero-order valence-corrected chi connectivity index (χ0v) is 14.4. The van der Waals surface area contributed by atoms with E-state index in [1.807, 2.05) is 12.1 Å². The first-order valence-corrected chi connectivity index (χ1v) is 8.11. The van der Waals surface area contributed by atoms with Gasteiger partial charge in [0.25, 0.3) is 0 Å². The summed E-state index contributed by atoms with van der Waals surface area (Å²) in [5.74, 6) is 0.392. The van der Waals surface area contributed by atoms with E-state index in [9.17, 15) is 9.90 Å². The maximum atomic E-state index is 11.3. The highest BCUT2D eigenvalue weighted by atomic mass is 16.5. The molecule has 0 bridgehead atoms. The van der Waals surface area contributed by atoms with Crippen LogP contribution in [0.4, 0.5) is 5.69 Å². The number of carbonyl (C=O) groups excluding carboxylic acids is 1. The summed E-state index contributed by atoms with van der Waals surface area (Å²) in [7, 11) is 1.66. The Morgan fingerprint density at radius 2 is 1.88 bits per heavy atom. The van der Waals surface area contributed by atoms with Gasteiger partial charge < -0.3 is 19.5 Å². The summed E-state index contributed by atoms with van der Waals surface area (Å²) in [4.78, 5) is 15.8. The Labute approximate surface area is 143 Å². The summed E-state index contributed by atoms with van der Waals surface area (Å²) in [5, 5.41) is 10.00. The van der Waals surface area contributed by atoms with E-state index in [0.717, 1.165) is 31.9 Å². The fraction of sp³-hybridized carbons (Fsp3) is 0.500. The molecule has 1 aliphatic rings. The molecule has 1 atom stereocenters. The molecule has 6 heteroatoms. The summed E-state index contributed by atoms with van der Waals surface area (Å²) < 4.78 is 10.2. The number of esters is 1. The first-order valence-electron chi connectivity index (χ1n) is 8.11. The third-order valence-electron chi connectivity index (χ3n) is 4.03. The van der Waals surface area contributed by atoms with E-state index < -0.39 is 12.1 Å². The van der Waals surface area contributed by atoms with Crippen molar-refractivity contribution in [3.8, 4) is 5.75 Å². The quantitative estimate of drug-likeness (QED) is 0.599. The van der Waals surface area contributed by atoms with E-state index in [1.165, 1.54) is 5.69 Å². The third-order valence-corrected chi connectivity index (χ3v) is 4.03. The van der Waals surface area contributed by atoms with E-state index in [2.05, 4.69) is 28.5 Å². The predicted octanol–water partition coefficient (Wildman–Crippen LogP) is 1.30. The Morgan fingerprint density at radius 3 is 2.42 bits per heavy atom. The molecule has 1 aromatic rings. The standard InChI is InChI=1S/C18H26N2O4/c1-14(2)18(22)24-13-16(21)12-19-8-10-20(11-9-19)15-4-6-17(23-3)7-5-15/h4-7,16,21H,1,8-13H2,2-3H3/t16-/m1/s1. The Hall–Kier alpha value is -2.05. The lowest BCUT2D eigenvalue weighted by atomic mass is 10.2. The van der Waals surface area contributed by atoms with E-state index in [1.54, 1.807) is 14.0 Å². The molecule has 0 unspecified atom stereocenters. The molecule has 0 amide bonds. The minimum atomic E-state index is -0.680. The second-order valence-electron chi connectivity index (χ2n) is 6.02. The van der Waals surface area contributed by atoms with Crippen molar-refractivity contribution in [1.82, 2.24) is 4.90 Å². The van der Waals surface area contributed by atoms with Gasteiger partial charge in [0.05, 0.1) is 7.11 Å². The summed E-state index contributed by atoms with van der Waals surface area (Å²) in [6.07, 6.45) is -0.680. The zero-order chi connectivity index (χ0) is 17.5. The molecule has 132 valence electrons. The molecule has 1 saturated heterocycles. The lowest BCUT2D eigenvalue weighted by molar-refractivity contribution is -0.142. The van der Waals surface area contributed by atoms with Gasteiger partial charge in [-0.2, -0.15) is 0 Å². The molecule has 1 aliphatic heterocycles. The Bertz CT molecular complexity index is 551. The highest BCUT2D eigenvalue weighted by molar-refractivity contribution is 5.86. The molecule has 0 saturated carbocycles. The number of aliphatic hydroxyl groups excluding tert-OH is 1. The maximum absolute atomic E-state index is 11.3. The first kappa shape index (κ1) is 18.3. The number of hydrogen-bond acceptors (Lipinski definition) is 6. The number of β-amino-alcohol motifs (C(OH)–C–C–N with tert-alkyl or cyclic N) is 1. The Morgan fingerprint density at radius 1 is 1.25 bits per heavy atom. The number of benzene rings is 1. The molecular weight excluding hydrogens is 308 g/mol. The topological polar surface area (TPSA) is 62.2 Å². The molecule has 6 nitrogen and oxygen atoms in total. The van der Waals surface area contributed by atoms with Gasteiger partial charge in [-0.05, 0) is 31.2 Å². The van der Waals surface area contributed by atoms with E-state index >= 15 is 0 Å². The van der Waals surface area contributed by atoms with Gasteiger partial charge in [-0.15, -0.1) is 0 Å². The number of ether oxygens (including phenoxy) is 2. The monoisotopic (exact) mass is 334 g/mol. The minimum Gasteiger partial charge on any atom is -0.497 e. The fourth-order valence-corrected chi connectivity index (χ4v) is 2.63. The molecule has 1 N–H and O–H groups in total. The van der Waals surface area contributed by atoms with Crippen LogP contribution < -0.4 is 9.64 Å². The second kappa shape index (κ2) is 8.70. The summed E-state index contributed by atoms with van der Waals surface area (Å²) >= 11 is 0. The SMILES string of the molecule is C=C(C)C(=O)OC[C@H](O)CN1CCN(c2ccc(OC)cc2)CC1. The number of carbonyl (C=O) groups is 1. The molecule has 1 aromatic carbocycles. The van der Waals surface area contributed by atoms with Crippen molar-refractivity contribution >= 4 is 11.7 Å². The minimum absolute atomic E-state index is 0.00435. The van der Waals surface area contributed by atoms with Crippen LogP contribution in [-0.2, 0) is 9.53 Å². The molecule has 1 heterocycles. The number of methoxy groups -OCH3 is 1. The zero-order valence-electron chi connectivity index (χ0n) is 14.4. The van der Waals surface area contributed by atoms with Crippen molar-refractivity contribution in [3.63, 3.8) is 0 Å². The number of anilines is 1. The smallest absolute Gasteiger partial charge is 0.333 e. The van der Waals surface area contributed by atoms with Gasteiger partial charge in [0.15, 0.2) is 0 Å². The van der Waals surface area contributed by atoms with Crippen LogP contribution in [0.1, 0.15) is 6.92 Å². The third kappa shape index (κ3) is 5.25. The molecule has 0 radical (unpaired) electrons. The van der Waals surface area contributed by atoms with Crippen molar-refractivity contribution in [1.29, 1.82) is 0 Å². The van der Waals surface area contributed by atoms with Crippen LogP contribution in [0.3, 0.4) is 0 Å². The highest BCUT2D eigenvalue weighted by Gasteiger charge is 2.20. The van der Waals surface area contributed by atoms with Crippen LogP contribution in [-0.4, -0.2) is 68.5 Å². The fourth-order valence-electron chi connectivity index (χ4n) is 2.63. The summed E-state index contributed by atoms with van der Waals surface area (Å²) in [6.45, 7) is 9.12. The van der Waals surface area contributed by atoms with Gasteiger partial charge in [0, 0.05) is 44.0 Å². The molecule has 0 aliphatic carbocycles. The van der Waals surface area contributed by atoms with Crippen molar-refractivity contribution in [2.24, 2.45) is 0 Å².